The van der Waals surface area contributed by atoms with Crippen LogP contribution in [0, 0.1) is 0 Å². The maximum Gasteiger partial charge on any atom is 0.242 e. The van der Waals surface area contributed by atoms with Crippen LogP contribution in [0.4, 0.5) is 0 Å². The molecule has 0 aromatic heterocycles. The van der Waals surface area contributed by atoms with Crippen molar-refractivity contribution in [3.8, 4) is 0 Å². The van der Waals surface area contributed by atoms with Crippen molar-refractivity contribution in [2.75, 3.05) is 13.6 Å². The molecular weight excluding hydrogens is 518 g/mol. The standard InChI is InChI=1S/C25H34BrN3O4S/c1-5-19(2)27-25(31)20(3)29(18-21-11-9-12-22(26)17-21)24(30)15-10-16-28(4)34(32,33)23-13-7-6-8-14-23/h6-9,11-14,17,19-20H,5,10,15-16,18H2,1-4H3,(H,27,31)/t19-,20+/m1/s1. The summed E-state index contributed by atoms with van der Waals surface area (Å²) in [6.07, 6.45) is 1.26. The van der Waals surface area contributed by atoms with E-state index in [1.54, 1.807) is 42.2 Å². The van der Waals surface area contributed by atoms with E-state index in [1.807, 2.05) is 38.1 Å². The Bertz CT molecular complexity index is 1060. The zero-order chi connectivity index (χ0) is 25.3. The van der Waals surface area contributed by atoms with Crippen LogP contribution in [0.2, 0.25) is 0 Å². The van der Waals surface area contributed by atoms with Gasteiger partial charge in [-0.3, -0.25) is 9.59 Å². The molecule has 0 heterocycles. The quantitative estimate of drug-likeness (QED) is 0.428. The summed E-state index contributed by atoms with van der Waals surface area (Å²) in [6.45, 7) is 6.11. The molecule has 0 fully saturated rings. The first-order valence-electron chi connectivity index (χ1n) is 11.4. The molecule has 2 amide bonds. The third-order valence-electron chi connectivity index (χ3n) is 5.73. The van der Waals surface area contributed by atoms with E-state index in [1.165, 1.54) is 11.4 Å². The van der Waals surface area contributed by atoms with Crippen molar-refractivity contribution < 1.29 is 18.0 Å². The van der Waals surface area contributed by atoms with E-state index in [2.05, 4.69) is 21.2 Å². The molecule has 0 saturated heterocycles. The zero-order valence-corrected chi connectivity index (χ0v) is 22.6. The fourth-order valence-corrected chi connectivity index (χ4v) is 5.05. The Morgan fingerprint density at radius 1 is 1.06 bits per heavy atom. The first-order valence-corrected chi connectivity index (χ1v) is 13.6. The highest BCUT2D eigenvalue weighted by molar-refractivity contribution is 9.10. The first kappa shape index (κ1) is 28.0. The normalized spacial score (nSPS) is 13.4. The van der Waals surface area contributed by atoms with Gasteiger partial charge in [-0.25, -0.2) is 12.7 Å². The van der Waals surface area contributed by atoms with Gasteiger partial charge >= 0.3 is 0 Å². The second kappa shape index (κ2) is 13.0. The summed E-state index contributed by atoms with van der Waals surface area (Å²) in [5, 5.41) is 2.94. The van der Waals surface area contributed by atoms with Crippen LogP contribution in [0.15, 0.2) is 64.0 Å². The lowest BCUT2D eigenvalue weighted by atomic mass is 10.1. The highest BCUT2D eigenvalue weighted by Crippen LogP contribution is 2.18. The van der Waals surface area contributed by atoms with E-state index in [4.69, 9.17) is 0 Å². The fraction of sp³-hybridized carbons (Fsp3) is 0.440. The number of nitrogens with one attached hydrogen (secondary N) is 1. The van der Waals surface area contributed by atoms with Crippen LogP contribution in [0.5, 0.6) is 0 Å². The maximum absolute atomic E-state index is 13.2. The average Bonchev–Trinajstić information content (AvgIpc) is 2.82. The number of carbonyl (C=O) groups is 2. The van der Waals surface area contributed by atoms with E-state index < -0.39 is 16.1 Å². The molecule has 0 radical (unpaired) electrons. The van der Waals surface area contributed by atoms with Gasteiger partial charge in [-0.05, 0) is 56.5 Å². The molecule has 0 saturated carbocycles. The fourth-order valence-electron chi connectivity index (χ4n) is 3.37. The predicted molar refractivity (Wildman–Crippen MR) is 138 cm³/mol. The summed E-state index contributed by atoms with van der Waals surface area (Å²) < 4.78 is 27.6. The van der Waals surface area contributed by atoms with Crippen molar-refractivity contribution in [3.63, 3.8) is 0 Å². The second-order valence-electron chi connectivity index (χ2n) is 8.39. The largest absolute Gasteiger partial charge is 0.352 e. The molecule has 2 rings (SSSR count). The van der Waals surface area contributed by atoms with Crippen molar-refractivity contribution in [2.24, 2.45) is 0 Å². The number of sulfonamides is 1. The number of benzene rings is 2. The van der Waals surface area contributed by atoms with E-state index in [0.29, 0.717) is 6.42 Å². The lowest BCUT2D eigenvalue weighted by Gasteiger charge is -2.30. The third kappa shape index (κ3) is 7.92. The van der Waals surface area contributed by atoms with Crippen LogP contribution < -0.4 is 5.32 Å². The second-order valence-corrected chi connectivity index (χ2v) is 11.3. The number of amides is 2. The molecule has 0 spiro atoms. The molecule has 7 nitrogen and oxygen atoms in total. The Labute approximate surface area is 211 Å². The van der Waals surface area contributed by atoms with Crippen molar-refractivity contribution in [1.29, 1.82) is 0 Å². The van der Waals surface area contributed by atoms with Crippen LogP contribution in [0.1, 0.15) is 45.6 Å². The summed E-state index contributed by atoms with van der Waals surface area (Å²) in [7, 11) is -2.11. The van der Waals surface area contributed by atoms with E-state index in [0.717, 1.165) is 16.5 Å². The smallest absolute Gasteiger partial charge is 0.242 e. The van der Waals surface area contributed by atoms with Crippen molar-refractivity contribution in [3.05, 3.63) is 64.6 Å². The molecule has 0 aliphatic rings. The molecule has 0 aliphatic heterocycles. The van der Waals surface area contributed by atoms with Crippen LogP contribution in [0.25, 0.3) is 0 Å². The molecule has 0 aliphatic carbocycles. The Morgan fingerprint density at radius 2 is 1.74 bits per heavy atom. The molecule has 2 atom stereocenters. The van der Waals surface area contributed by atoms with Crippen molar-refractivity contribution >= 4 is 37.8 Å². The number of rotatable bonds is 12. The molecule has 1 N–H and O–H groups in total. The average molecular weight is 553 g/mol. The molecule has 2 aromatic rings. The summed E-state index contributed by atoms with van der Waals surface area (Å²) in [5.41, 5.74) is 0.898. The molecule has 0 unspecified atom stereocenters. The monoisotopic (exact) mass is 551 g/mol. The maximum atomic E-state index is 13.2. The number of halogens is 1. The molecule has 186 valence electrons. The Hall–Kier alpha value is -2.23. The van der Waals surface area contributed by atoms with Crippen LogP contribution in [-0.2, 0) is 26.2 Å². The Kier molecular flexibility index (Phi) is 10.7. The van der Waals surface area contributed by atoms with Gasteiger partial charge < -0.3 is 10.2 Å². The number of hydrogen-bond acceptors (Lipinski definition) is 4. The molecular formula is C25H34BrN3O4S. The Morgan fingerprint density at radius 3 is 2.35 bits per heavy atom. The topological polar surface area (TPSA) is 86.8 Å². The van der Waals surface area contributed by atoms with Crippen molar-refractivity contribution in [1.82, 2.24) is 14.5 Å². The van der Waals surface area contributed by atoms with Gasteiger partial charge in [0, 0.05) is 37.1 Å². The summed E-state index contributed by atoms with van der Waals surface area (Å²) in [4.78, 5) is 27.8. The highest BCUT2D eigenvalue weighted by Gasteiger charge is 2.27. The number of carbonyl (C=O) groups excluding carboxylic acids is 2. The minimum atomic E-state index is -3.62. The molecule has 9 heteroatoms. The third-order valence-corrected chi connectivity index (χ3v) is 8.09. The van der Waals surface area contributed by atoms with Crippen molar-refractivity contribution in [2.45, 2.75) is 63.6 Å². The zero-order valence-electron chi connectivity index (χ0n) is 20.2. The summed E-state index contributed by atoms with van der Waals surface area (Å²) >= 11 is 3.45. The lowest BCUT2D eigenvalue weighted by Crippen LogP contribution is -2.49. The SMILES string of the molecule is CC[C@@H](C)NC(=O)[C@H](C)N(Cc1cccc(Br)c1)C(=O)CCCN(C)S(=O)(=O)c1ccccc1. The van der Waals surface area contributed by atoms with E-state index in [9.17, 15) is 18.0 Å². The van der Waals surface area contributed by atoms with Gasteiger partial charge in [0.15, 0.2) is 0 Å². The molecule has 2 aromatic carbocycles. The minimum absolute atomic E-state index is 0.00890. The van der Waals surface area contributed by atoms with Gasteiger partial charge in [-0.2, -0.15) is 0 Å². The number of nitrogens with zero attached hydrogens (tertiary/aromatic N) is 2. The first-order chi connectivity index (χ1) is 16.1. The van der Waals surface area contributed by atoms with E-state index >= 15 is 0 Å². The molecule has 0 bridgehead atoms. The van der Waals surface area contributed by atoms with Gasteiger partial charge in [-0.1, -0.05) is 53.2 Å². The summed E-state index contributed by atoms with van der Waals surface area (Å²) in [5.74, 6) is -0.404. The van der Waals surface area contributed by atoms with E-state index in [-0.39, 0.29) is 42.3 Å². The lowest BCUT2D eigenvalue weighted by molar-refractivity contribution is -0.141. The molecule has 34 heavy (non-hydrogen) atoms. The predicted octanol–water partition coefficient (Wildman–Crippen LogP) is 4.18. The van der Waals surface area contributed by atoms with Gasteiger partial charge in [0.2, 0.25) is 21.8 Å². The number of hydrogen-bond donors (Lipinski definition) is 1. The van der Waals surface area contributed by atoms with Crippen LogP contribution in [0.3, 0.4) is 0 Å². The highest BCUT2D eigenvalue weighted by atomic mass is 79.9. The van der Waals surface area contributed by atoms with Gasteiger partial charge in [0.25, 0.3) is 0 Å². The Balaban J connectivity index is 2.09. The van der Waals surface area contributed by atoms with Crippen LogP contribution in [-0.4, -0.2) is 55.1 Å². The van der Waals surface area contributed by atoms with Gasteiger partial charge in [-0.15, -0.1) is 0 Å². The van der Waals surface area contributed by atoms with Gasteiger partial charge in [0.05, 0.1) is 4.90 Å². The van der Waals surface area contributed by atoms with Gasteiger partial charge in [0.1, 0.15) is 6.04 Å². The summed E-state index contributed by atoms with van der Waals surface area (Å²) in [6, 6.07) is 15.2. The minimum Gasteiger partial charge on any atom is -0.352 e. The van der Waals surface area contributed by atoms with Crippen LogP contribution >= 0.6 is 15.9 Å².